The minimum Gasteiger partial charge on any atom is -0.494 e. The molecule has 146 valence electrons. The van der Waals surface area contributed by atoms with E-state index in [9.17, 15) is 22.0 Å². The molecule has 0 heterocycles. The molecule has 0 bridgehead atoms. The van der Waals surface area contributed by atoms with Gasteiger partial charge < -0.3 is 10.1 Å². The van der Waals surface area contributed by atoms with Gasteiger partial charge in [0.1, 0.15) is 17.4 Å². The van der Waals surface area contributed by atoms with Crippen LogP contribution in [0, 0.1) is 11.6 Å². The van der Waals surface area contributed by atoms with Gasteiger partial charge in [0.2, 0.25) is 5.91 Å². The molecule has 5 nitrogen and oxygen atoms in total. The number of ether oxygens (including phenoxy) is 1. The lowest BCUT2D eigenvalue weighted by Crippen LogP contribution is -2.25. The van der Waals surface area contributed by atoms with Crippen LogP contribution in [0.15, 0.2) is 47.4 Å². The van der Waals surface area contributed by atoms with Crippen molar-refractivity contribution in [2.75, 3.05) is 19.4 Å². The molecule has 0 aliphatic heterocycles. The van der Waals surface area contributed by atoms with Crippen molar-refractivity contribution < 1.29 is 26.7 Å². The van der Waals surface area contributed by atoms with Gasteiger partial charge in [-0.2, -0.15) is 0 Å². The summed E-state index contributed by atoms with van der Waals surface area (Å²) in [6, 6.07) is 9.33. The minimum absolute atomic E-state index is 0.178. The van der Waals surface area contributed by atoms with Crippen LogP contribution >= 0.6 is 0 Å². The van der Waals surface area contributed by atoms with Crippen LogP contribution in [0.2, 0.25) is 0 Å². The fraction of sp³-hybridized carbons (Fsp3) is 0.316. The van der Waals surface area contributed by atoms with Crippen molar-refractivity contribution in [2.24, 2.45) is 0 Å². The van der Waals surface area contributed by atoms with E-state index in [0.717, 1.165) is 12.3 Å². The lowest BCUT2D eigenvalue weighted by atomic mass is 10.1. The van der Waals surface area contributed by atoms with Gasteiger partial charge in [0.25, 0.3) is 0 Å². The number of hydrogen-bond acceptors (Lipinski definition) is 4. The zero-order chi connectivity index (χ0) is 19.9. The van der Waals surface area contributed by atoms with Gasteiger partial charge in [-0.25, -0.2) is 17.2 Å². The minimum atomic E-state index is -3.24. The normalized spacial score (nSPS) is 11.2. The van der Waals surface area contributed by atoms with Crippen LogP contribution in [0.4, 0.5) is 8.78 Å². The van der Waals surface area contributed by atoms with E-state index in [-0.39, 0.29) is 23.8 Å². The molecule has 8 heteroatoms. The third-order valence-corrected chi connectivity index (χ3v) is 4.86. The predicted octanol–water partition coefficient (Wildman–Crippen LogP) is 2.89. The first-order valence-electron chi connectivity index (χ1n) is 8.38. The monoisotopic (exact) mass is 397 g/mol. The highest BCUT2D eigenvalue weighted by Gasteiger charge is 2.07. The molecule has 2 rings (SSSR count). The van der Waals surface area contributed by atoms with Crippen LogP contribution in [0.1, 0.15) is 18.4 Å². The summed E-state index contributed by atoms with van der Waals surface area (Å²) in [5, 5.41) is 2.69. The third kappa shape index (κ3) is 7.34. The largest absolute Gasteiger partial charge is 0.494 e. The molecule has 0 aliphatic carbocycles. The summed E-state index contributed by atoms with van der Waals surface area (Å²) in [4.78, 5) is 12.0. The molecule has 2 aromatic rings. The fourth-order valence-corrected chi connectivity index (χ4v) is 3.03. The Morgan fingerprint density at radius 1 is 1.07 bits per heavy atom. The second-order valence-corrected chi connectivity index (χ2v) is 8.09. The van der Waals surface area contributed by atoms with Crippen molar-refractivity contribution in [1.82, 2.24) is 5.32 Å². The summed E-state index contributed by atoms with van der Waals surface area (Å²) < 4.78 is 54.3. The second kappa shape index (κ2) is 9.45. The quantitative estimate of drug-likeness (QED) is 0.661. The molecule has 0 aliphatic rings. The lowest BCUT2D eigenvalue weighted by molar-refractivity contribution is -0.121. The molecular weight excluding hydrogens is 376 g/mol. The fourth-order valence-electron chi connectivity index (χ4n) is 2.40. The Morgan fingerprint density at radius 3 is 2.30 bits per heavy atom. The molecular formula is C19H21F2NO4S. The summed E-state index contributed by atoms with van der Waals surface area (Å²) in [6.07, 6.45) is 2.20. The molecule has 0 unspecified atom stereocenters. The first-order chi connectivity index (χ1) is 12.7. The number of amides is 1. The van der Waals surface area contributed by atoms with E-state index in [0.29, 0.717) is 30.8 Å². The average Bonchev–Trinajstić information content (AvgIpc) is 2.57. The van der Waals surface area contributed by atoms with E-state index < -0.39 is 21.5 Å². The molecule has 0 radical (unpaired) electrons. The Balaban J connectivity index is 1.64. The Kier molecular flexibility index (Phi) is 7.29. The number of halogens is 2. The average molecular weight is 397 g/mol. The maximum atomic E-state index is 13.1. The highest BCUT2D eigenvalue weighted by molar-refractivity contribution is 7.90. The topological polar surface area (TPSA) is 72.5 Å². The number of hydrogen-bond donors (Lipinski definition) is 1. The zero-order valence-electron chi connectivity index (χ0n) is 14.9. The number of sulfone groups is 1. The summed E-state index contributed by atoms with van der Waals surface area (Å²) in [6.45, 7) is 0.594. The van der Waals surface area contributed by atoms with Gasteiger partial charge in [-0.1, -0.05) is 0 Å². The maximum absolute atomic E-state index is 13.1. The standard InChI is InChI=1S/C19H21F2NO4S/c1-27(24,25)18-6-4-17(5-7-18)26-10-2-3-19(23)22-9-8-14-11-15(20)13-16(21)12-14/h4-7,11-13H,2-3,8-10H2,1H3,(H,22,23). The predicted molar refractivity (Wildman–Crippen MR) is 97.4 cm³/mol. The van der Waals surface area contributed by atoms with Gasteiger partial charge in [-0.15, -0.1) is 0 Å². The van der Waals surface area contributed by atoms with E-state index in [2.05, 4.69) is 5.32 Å². The van der Waals surface area contributed by atoms with Crippen LogP contribution in [-0.4, -0.2) is 33.7 Å². The lowest BCUT2D eigenvalue weighted by Gasteiger charge is -2.08. The number of nitrogens with one attached hydrogen (secondary N) is 1. The summed E-state index contributed by atoms with van der Waals surface area (Å²) in [5.41, 5.74) is 0.480. The number of carbonyl (C=O) groups is 1. The molecule has 0 aromatic heterocycles. The van der Waals surface area contributed by atoms with Gasteiger partial charge in [0, 0.05) is 25.3 Å². The van der Waals surface area contributed by atoms with Crippen molar-refractivity contribution in [1.29, 1.82) is 0 Å². The van der Waals surface area contributed by atoms with Crippen molar-refractivity contribution in [3.8, 4) is 5.75 Å². The highest BCUT2D eigenvalue weighted by atomic mass is 32.2. The molecule has 0 saturated heterocycles. The van der Waals surface area contributed by atoms with E-state index in [1.165, 1.54) is 24.3 Å². The van der Waals surface area contributed by atoms with E-state index in [1.54, 1.807) is 12.1 Å². The molecule has 0 spiro atoms. The smallest absolute Gasteiger partial charge is 0.220 e. The number of carbonyl (C=O) groups excluding carboxylic acids is 1. The van der Waals surface area contributed by atoms with E-state index in [4.69, 9.17) is 4.74 Å². The van der Waals surface area contributed by atoms with E-state index >= 15 is 0 Å². The maximum Gasteiger partial charge on any atom is 0.220 e. The van der Waals surface area contributed by atoms with Crippen LogP contribution in [0.25, 0.3) is 0 Å². The van der Waals surface area contributed by atoms with Crippen molar-refractivity contribution in [3.05, 3.63) is 59.7 Å². The molecule has 0 saturated carbocycles. The second-order valence-electron chi connectivity index (χ2n) is 6.07. The first-order valence-corrected chi connectivity index (χ1v) is 10.3. The van der Waals surface area contributed by atoms with Crippen LogP contribution in [0.5, 0.6) is 5.75 Å². The van der Waals surface area contributed by atoms with Gasteiger partial charge in [0.15, 0.2) is 9.84 Å². The number of rotatable bonds is 9. The summed E-state index contributed by atoms with van der Waals surface area (Å²) in [7, 11) is -3.24. The zero-order valence-corrected chi connectivity index (χ0v) is 15.7. The molecule has 1 N–H and O–H groups in total. The van der Waals surface area contributed by atoms with E-state index in [1.807, 2.05) is 0 Å². The SMILES string of the molecule is CS(=O)(=O)c1ccc(OCCCC(=O)NCCc2cc(F)cc(F)c2)cc1. The first kappa shape index (κ1) is 20.8. The van der Waals surface area contributed by atoms with Gasteiger partial charge in [-0.05, 0) is 54.8 Å². The third-order valence-electron chi connectivity index (χ3n) is 3.73. The molecule has 1 amide bonds. The molecule has 0 atom stereocenters. The Hall–Kier alpha value is -2.48. The van der Waals surface area contributed by atoms with Gasteiger partial charge >= 0.3 is 0 Å². The molecule has 0 fully saturated rings. The van der Waals surface area contributed by atoms with Crippen LogP contribution in [-0.2, 0) is 21.1 Å². The number of benzene rings is 2. The Morgan fingerprint density at radius 2 is 1.70 bits per heavy atom. The van der Waals surface area contributed by atoms with Crippen molar-refractivity contribution in [3.63, 3.8) is 0 Å². The summed E-state index contributed by atoms with van der Waals surface area (Å²) >= 11 is 0. The van der Waals surface area contributed by atoms with Crippen LogP contribution in [0.3, 0.4) is 0 Å². The Bertz CT molecular complexity index is 863. The molecule has 27 heavy (non-hydrogen) atoms. The molecule has 2 aromatic carbocycles. The van der Waals surface area contributed by atoms with Crippen molar-refractivity contribution >= 4 is 15.7 Å². The van der Waals surface area contributed by atoms with Gasteiger partial charge in [-0.3, -0.25) is 4.79 Å². The van der Waals surface area contributed by atoms with Crippen molar-refractivity contribution in [2.45, 2.75) is 24.2 Å². The van der Waals surface area contributed by atoms with Crippen LogP contribution < -0.4 is 10.1 Å². The van der Waals surface area contributed by atoms with Gasteiger partial charge in [0.05, 0.1) is 11.5 Å². The Labute approximate surface area is 157 Å². The highest BCUT2D eigenvalue weighted by Crippen LogP contribution is 2.16. The summed E-state index contributed by atoms with van der Waals surface area (Å²) in [5.74, 6) is -0.935.